The molecule has 59 heavy (non-hydrogen) atoms. The highest BCUT2D eigenvalue weighted by molar-refractivity contribution is 5.86. The molecule has 0 aliphatic carbocycles. The second kappa shape index (κ2) is 38.0. The zero-order valence-electron chi connectivity index (χ0n) is 34.9. The summed E-state index contributed by atoms with van der Waals surface area (Å²) in [6, 6.07) is -2.67. The van der Waals surface area contributed by atoms with E-state index in [1.807, 2.05) is 0 Å². The Labute approximate surface area is 347 Å². The second-order valence-corrected chi connectivity index (χ2v) is 14.1. The van der Waals surface area contributed by atoms with E-state index in [0.29, 0.717) is 25.8 Å². The number of carboxylic acid groups (broad SMARTS) is 3. The molecule has 19 nitrogen and oxygen atoms in total. The fourth-order valence-electron chi connectivity index (χ4n) is 5.48. The number of hydrogen-bond donors (Lipinski definition) is 7. The molecule has 0 aromatic carbocycles. The van der Waals surface area contributed by atoms with E-state index in [2.05, 4.69) is 28.2 Å². The van der Waals surface area contributed by atoms with Gasteiger partial charge < -0.3 is 55.5 Å². The Bertz CT molecular complexity index is 1220. The first kappa shape index (κ1) is 54.8. The van der Waals surface area contributed by atoms with E-state index in [1.54, 1.807) is 0 Å². The predicted octanol–water partition coefficient (Wildman–Crippen LogP) is 2.51. The zero-order chi connectivity index (χ0) is 43.9. The minimum absolute atomic E-state index is 0.0249. The maximum atomic E-state index is 12.4. The molecule has 0 bridgehead atoms. The first-order chi connectivity index (χ1) is 28.3. The highest BCUT2D eigenvalue weighted by atomic mass is 16.5. The minimum Gasteiger partial charge on any atom is -0.481 e. The lowest BCUT2D eigenvalue weighted by atomic mass is 10.0. The normalized spacial score (nSPS) is 11.9. The van der Waals surface area contributed by atoms with Crippen LogP contribution in [0.2, 0.25) is 0 Å². The van der Waals surface area contributed by atoms with Gasteiger partial charge in [0.15, 0.2) is 0 Å². The van der Waals surface area contributed by atoms with E-state index < -0.39 is 41.8 Å². The standard InChI is InChI=1S/C40H70N4O15/c1-2-3-12-21-41-36(48)29-59-28-26-57-24-22-42-37(49)30-58-27-25-56-23-13-14-31(45)17-18-32(39(52)53)44-35(47)20-19-33(40(54)55)43-34(46)15-10-8-6-4-5-7-9-11-16-38(50)51/h32-33H,2-30H2,1H3,(H,41,48)(H,42,49)(H,43,46)(H,44,47)(H,50,51)(H,52,53)(H,54,55)/t32-,33-/m0/s1. The summed E-state index contributed by atoms with van der Waals surface area (Å²) < 4.78 is 21.3. The van der Waals surface area contributed by atoms with Crippen LogP contribution in [0.25, 0.3) is 0 Å². The third-order valence-electron chi connectivity index (χ3n) is 8.81. The molecule has 0 radical (unpaired) electrons. The molecule has 0 aliphatic heterocycles. The van der Waals surface area contributed by atoms with Gasteiger partial charge in [0.1, 0.15) is 31.1 Å². The second-order valence-electron chi connectivity index (χ2n) is 14.1. The third kappa shape index (κ3) is 36.6. The van der Waals surface area contributed by atoms with Gasteiger partial charge in [0.05, 0.1) is 33.0 Å². The molecule has 2 atom stereocenters. The van der Waals surface area contributed by atoms with Crippen molar-refractivity contribution >= 4 is 47.3 Å². The number of carboxylic acids is 3. The smallest absolute Gasteiger partial charge is 0.326 e. The molecule has 0 unspecified atom stereocenters. The first-order valence-corrected chi connectivity index (χ1v) is 21.0. The van der Waals surface area contributed by atoms with Crippen molar-refractivity contribution < 1.29 is 72.6 Å². The highest BCUT2D eigenvalue weighted by Gasteiger charge is 2.24. The Morgan fingerprint density at radius 1 is 0.441 bits per heavy atom. The Morgan fingerprint density at radius 2 is 0.915 bits per heavy atom. The van der Waals surface area contributed by atoms with Gasteiger partial charge in [-0.15, -0.1) is 0 Å². The van der Waals surface area contributed by atoms with Gasteiger partial charge >= 0.3 is 17.9 Å². The van der Waals surface area contributed by atoms with E-state index >= 15 is 0 Å². The lowest BCUT2D eigenvalue weighted by molar-refractivity contribution is -0.143. The van der Waals surface area contributed by atoms with Gasteiger partial charge in [-0.1, -0.05) is 58.3 Å². The van der Waals surface area contributed by atoms with Gasteiger partial charge in [0.2, 0.25) is 23.6 Å². The van der Waals surface area contributed by atoms with Gasteiger partial charge in [0, 0.05) is 51.8 Å². The van der Waals surface area contributed by atoms with Crippen LogP contribution in [0, 0.1) is 0 Å². The van der Waals surface area contributed by atoms with Crippen molar-refractivity contribution in [2.24, 2.45) is 0 Å². The molecule has 0 fully saturated rings. The van der Waals surface area contributed by atoms with Crippen LogP contribution in [-0.4, -0.2) is 141 Å². The number of rotatable bonds is 42. The number of amides is 4. The highest BCUT2D eigenvalue weighted by Crippen LogP contribution is 2.11. The molecule has 4 amide bonds. The van der Waals surface area contributed by atoms with Gasteiger partial charge in [-0.2, -0.15) is 0 Å². The van der Waals surface area contributed by atoms with Crippen LogP contribution < -0.4 is 21.3 Å². The van der Waals surface area contributed by atoms with Crippen molar-refractivity contribution in [3.8, 4) is 0 Å². The van der Waals surface area contributed by atoms with Crippen molar-refractivity contribution in [2.75, 3.05) is 65.9 Å². The topological polar surface area (TPSA) is 282 Å². The van der Waals surface area contributed by atoms with Gasteiger partial charge in [-0.3, -0.25) is 28.8 Å². The number of nitrogens with one attached hydrogen (secondary N) is 4. The maximum absolute atomic E-state index is 12.4. The van der Waals surface area contributed by atoms with Gasteiger partial charge in [-0.05, 0) is 38.5 Å². The number of Topliss-reactive ketones (excluding diaryl/α,β-unsaturated/α-hetero) is 1. The quantitative estimate of drug-likeness (QED) is 0.0435. The molecular formula is C40H70N4O15. The summed E-state index contributed by atoms with van der Waals surface area (Å²) in [5.74, 6) is -5.33. The van der Waals surface area contributed by atoms with E-state index in [4.69, 9.17) is 24.1 Å². The minimum atomic E-state index is -1.35. The average Bonchev–Trinajstić information content (AvgIpc) is 3.18. The number of carbonyl (C=O) groups excluding carboxylic acids is 5. The summed E-state index contributed by atoms with van der Waals surface area (Å²) >= 11 is 0. The molecule has 0 aliphatic rings. The molecule has 19 heteroatoms. The van der Waals surface area contributed by atoms with Crippen LogP contribution >= 0.6 is 0 Å². The third-order valence-corrected chi connectivity index (χ3v) is 8.81. The Morgan fingerprint density at radius 3 is 1.46 bits per heavy atom. The van der Waals surface area contributed by atoms with Crippen LogP contribution in [0.5, 0.6) is 0 Å². The summed E-state index contributed by atoms with van der Waals surface area (Å²) in [5, 5.41) is 37.8. The number of hydrogen-bond acceptors (Lipinski definition) is 12. The molecule has 0 spiro atoms. The van der Waals surface area contributed by atoms with Crippen LogP contribution in [0.1, 0.15) is 129 Å². The van der Waals surface area contributed by atoms with Crippen LogP contribution in [-0.2, 0) is 57.3 Å². The molecule has 0 aromatic heterocycles. The van der Waals surface area contributed by atoms with E-state index in [9.17, 15) is 48.6 Å². The fourth-order valence-corrected chi connectivity index (χ4v) is 5.48. The van der Waals surface area contributed by atoms with Crippen molar-refractivity contribution in [1.82, 2.24) is 21.3 Å². The molecule has 7 N–H and O–H groups in total. The number of ether oxygens (including phenoxy) is 4. The van der Waals surface area contributed by atoms with Gasteiger partial charge in [0.25, 0.3) is 0 Å². The van der Waals surface area contributed by atoms with Crippen molar-refractivity contribution in [3.05, 3.63) is 0 Å². The molecule has 0 aromatic rings. The number of unbranched alkanes of at least 4 members (excludes halogenated alkanes) is 9. The summed E-state index contributed by atoms with van der Waals surface area (Å²) in [7, 11) is 0. The van der Waals surface area contributed by atoms with Crippen molar-refractivity contribution in [2.45, 2.75) is 141 Å². The van der Waals surface area contributed by atoms with E-state index in [-0.39, 0.29) is 122 Å². The molecular weight excluding hydrogens is 776 g/mol. The first-order valence-electron chi connectivity index (χ1n) is 21.0. The predicted molar refractivity (Wildman–Crippen MR) is 214 cm³/mol. The summed E-state index contributed by atoms with van der Waals surface area (Å²) in [6.45, 7) is 4.23. The number of aliphatic carboxylic acids is 3. The average molecular weight is 847 g/mol. The molecule has 0 heterocycles. The van der Waals surface area contributed by atoms with Crippen molar-refractivity contribution in [1.29, 1.82) is 0 Å². The van der Waals surface area contributed by atoms with Crippen LogP contribution in [0.15, 0.2) is 0 Å². The number of ketones is 1. The summed E-state index contributed by atoms with van der Waals surface area (Å²) in [4.78, 5) is 94.4. The lowest BCUT2D eigenvalue weighted by Crippen LogP contribution is -2.44. The fraction of sp³-hybridized carbons (Fsp3) is 0.800. The largest absolute Gasteiger partial charge is 0.481 e. The van der Waals surface area contributed by atoms with Crippen LogP contribution in [0.3, 0.4) is 0 Å². The Kier molecular flexibility index (Phi) is 35.3. The lowest BCUT2D eigenvalue weighted by Gasteiger charge is -2.17. The van der Waals surface area contributed by atoms with Crippen molar-refractivity contribution in [3.63, 3.8) is 0 Å². The van der Waals surface area contributed by atoms with E-state index in [1.165, 1.54) is 0 Å². The Balaban J connectivity index is 3.98. The van der Waals surface area contributed by atoms with Crippen LogP contribution in [0.4, 0.5) is 0 Å². The number of carbonyl (C=O) groups is 8. The molecule has 340 valence electrons. The molecule has 0 saturated carbocycles. The maximum Gasteiger partial charge on any atom is 0.326 e. The Hall–Kier alpha value is -4.20. The zero-order valence-corrected chi connectivity index (χ0v) is 34.9. The molecule has 0 saturated heterocycles. The summed E-state index contributed by atoms with van der Waals surface area (Å²) in [5.41, 5.74) is 0. The molecule has 0 rings (SSSR count). The van der Waals surface area contributed by atoms with E-state index in [0.717, 1.165) is 57.8 Å². The SMILES string of the molecule is CCCCCNC(=O)COCCOCCNC(=O)COCCOCCCC(=O)CC[C@H](NC(=O)CC[C@H](NC(=O)CCCCCCCCCCC(=O)O)C(=O)O)C(=O)O. The monoisotopic (exact) mass is 846 g/mol. The summed E-state index contributed by atoms with van der Waals surface area (Å²) in [6.07, 6.45) is 9.75. The van der Waals surface area contributed by atoms with Gasteiger partial charge in [-0.25, -0.2) is 9.59 Å².